The molecule has 0 saturated carbocycles. The van der Waals surface area contributed by atoms with Gasteiger partial charge >= 0.3 is 5.97 Å². The first-order valence-electron chi connectivity index (χ1n) is 6.90. The average molecular weight is 294 g/mol. The molecule has 0 aliphatic heterocycles. The molecule has 6 heteroatoms. The smallest absolute Gasteiger partial charge is 0.339 e. The minimum absolute atomic E-state index is 0.0732. The van der Waals surface area contributed by atoms with Gasteiger partial charge in [-0.3, -0.25) is 4.79 Å². The number of nitrogens with one attached hydrogen (secondary N) is 2. The highest BCUT2D eigenvalue weighted by Gasteiger charge is 2.13. The molecule has 1 amide bonds. The quantitative estimate of drug-likeness (QED) is 0.628. The summed E-state index contributed by atoms with van der Waals surface area (Å²) in [6, 6.07) is 6.23. The van der Waals surface area contributed by atoms with Gasteiger partial charge in [-0.25, -0.2) is 4.79 Å². The van der Waals surface area contributed by atoms with Crippen LogP contribution in [0.1, 0.15) is 31.1 Å². The number of hydrogen-bond acceptors (Lipinski definition) is 4. The van der Waals surface area contributed by atoms with E-state index in [1.165, 1.54) is 6.07 Å². The highest BCUT2D eigenvalue weighted by molar-refractivity contribution is 5.90. The van der Waals surface area contributed by atoms with Crippen LogP contribution in [0.3, 0.4) is 0 Å². The van der Waals surface area contributed by atoms with Crippen molar-refractivity contribution in [2.45, 2.75) is 32.9 Å². The van der Waals surface area contributed by atoms with Crippen molar-refractivity contribution in [3.63, 3.8) is 0 Å². The van der Waals surface area contributed by atoms with Crippen molar-refractivity contribution in [2.75, 3.05) is 13.2 Å². The molecule has 0 bridgehead atoms. The van der Waals surface area contributed by atoms with Gasteiger partial charge in [0.25, 0.3) is 0 Å². The summed E-state index contributed by atoms with van der Waals surface area (Å²) in [5.74, 6) is -0.773. The molecule has 21 heavy (non-hydrogen) atoms. The van der Waals surface area contributed by atoms with E-state index in [9.17, 15) is 9.59 Å². The Balaban J connectivity index is 2.38. The Morgan fingerprint density at radius 3 is 2.52 bits per heavy atom. The molecule has 0 radical (unpaired) electrons. The molecular weight excluding hydrogens is 272 g/mol. The van der Waals surface area contributed by atoms with Gasteiger partial charge in [0.2, 0.25) is 5.91 Å². The van der Waals surface area contributed by atoms with Crippen LogP contribution >= 0.6 is 0 Å². The summed E-state index contributed by atoms with van der Waals surface area (Å²) in [6.45, 7) is 6.29. The zero-order chi connectivity index (χ0) is 15.8. The van der Waals surface area contributed by atoms with Crippen LogP contribution in [0.25, 0.3) is 0 Å². The first kappa shape index (κ1) is 17.0. The molecule has 3 N–H and O–H groups in total. The molecule has 0 heterocycles. The van der Waals surface area contributed by atoms with E-state index < -0.39 is 5.97 Å². The van der Waals surface area contributed by atoms with E-state index in [0.717, 1.165) is 0 Å². The Morgan fingerprint density at radius 2 is 1.90 bits per heavy atom. The normalized spacial score (nSPS) is 12.0. The summed E-state index contributed by atoms with van der Waals surface area (Å²) < 4.78 is 5.43. The summed E-state index contributed by atoms with van der Waals surface area (Å²) in [6.07, 6.45) is 0. The van der Waals surface area contributed by atoms with Gasteiger partial charge in [0, 0.05) is 12.6 Å². The minimum atomic E-state index is -1.02. The molecular formula is C15H22N2O4. The Bertz CT molecular complexity index is 488. The molecule has 1 rings (SSSR count). The van der Waals surface area contributed by atoms with Crippen molar-refractivity contribution < 1.29 is 19.4 Å². The summed E-state index contributed by atoms with van der Waals surface area (Å²) in [7, 11) is 0. The molecule has 1 atom stereocenters. The van der Waals surface area contributed by atoms with E-state index >= 15 is 0 Å². The van der Waals surface area contributed by atoms with Crippen molar-refractivity contribution in [1.29, 1.82) is 0 Å². The molecule has 1 aromatic rings. The Morgan fingerprint density at radius 1 is 1.24 bits per heavy atom. The van der Waals surface area contributed by atoms with Crippen molar-refractivity contribution in [3.05, 3.63) is 29.8 Å². The first-order valence-corrected chi connectivity index (χ1v) is 6.90. The summed E-state index contributed by atoms with van der Waals surface area (Å²) in [5.41, 5.74) is 0.128. The molecule has 116 valence electrons. The van der Waals surface area contributed by atoms with E-state index in [1.807, 2.05) is 13.8 Å². The van der Waals surface area contributed by atoms with Crippen LogP contribution in [0.5, 0.6) is 5.75 Å². The Labute approximate surface area is 124 Å². The van der Waals surface area contributed by atoms with Crippen LogP contribution in [0.15, 0.2) is 24.3 Å². The predicted molar refractivity (Wildman–Crippen MR) is 79.6 cm³/mol. The zero-order valence-corrected chi connectivity index (χ0v) is 12.6. The molecule has 0 aliphatic carbocycles. The average Bonchev–Trinajstić information content (AvgIpc) is 2.42. The lowest BCUT2D eigenvalue weighted by molar-refractivity contribution is -0.123. The van der Waals surface area contributed by atoms with Crippen LogP contribution < -0.4 is 15.4 Å². The fourth-order valence-corrected chi connectivity index (χ4v) is 1.71. The van der Waals surface area contributed by atoms with Gasteiger partial charge in [-0.05, 0) is 32.9 Å². The second kappa shape index (κ2) is 8.26. The highest BCUT2D eigenvalue weighted by Crippen LogP contribution is 2.17. The number of carbonyl (C=O) groups excluding carboxylic acids is 1. The van der Waals surface area contributed by atoms with E-state index in [0.29, 0.717) is 12.3 Å². The SMILES string of the molecule is CC(C)NC(=O)C(C)NCCOc1ccccc1C(=O)O. The molecule has 0 aromatic heterocycles. The Hall–Kier alpha value is -2.08. The summed E-state index contributed by atoms with van der Waals surface area (Å²) in [4.78, 5) is 22.7. The largest absolute Gasteiger partial charge is 0.491 e. The van der Waals surface area contributed by atoms with Crippen molar-refractivity contribution >= 4 is 11.9 Å². The number of carboxylic acids is 1. The van der Waals surface area contributed by atoms with E-state index in [-0.39, 0.29) is 30.2 Å². The van der Waals surface area contributed by atoms with Gasteiger partial charge < -0.3 is 20.5 Å². The number of para-hydroxylation sites is 1. The maximum atomic E-state index is 11.7. The molecule has 6 nitrogen and oxygen atoms in total. The first-order chi connectivity index (χ1) is 9.91. The molecule has 0 fully saturated rings. The van der Waals surface area contributed by atoms with Gasteiger partial charge in [0.15, 0.2) is 0 Å². The monoisotopic (exact) mass is 294 g/mol. The summed E-state index contributed by atoms with van der Waals surface area (Å²) >= 11 is 0. The maximum Gasteiger partial charge on any atom is 0.339 e. The second-order valence-electron chi connectivity index (χ2n) is 4.99. The molecule has 1 unspecified atom stereocenters. The van der Waals surface area contributed by atoms with Gasteiger partial charge in [0.1, 0.15) is 17.9 Å². The van der Waals surface area contributed by atoms with Crippen LogP contribution in [0, 0.1) is 0 Å². The lowest BCUT2D eigenvalue weighted by Gasteiger charge is -2.16. The van der Waals surface area contributed by atoms with Gasteiger partial charge in [0.05, 0.1) is 6.04 Å². The van der Waals surface area contributed by atoms with Crippen LogP contribution in [-0.2, 0) is 4.79 Å². The van der Waals surface area contributed by atoms with Crippen LogP contribution in [0.2, 0.25) is 0 Å². The molecule has 0 spiro atoms. The number of carboxylic acid groups (broad SMARTS) is 1. The second-order valence-corrected chi connectivity index (χ2v) is 4.99. The Kier molecular flexibility index (Phi) is 6.68. The molecule has 0 saturated heterocycles. The molecule has 0 aliphatic rings. The van der Waals surface area contributed by atoms with Crippen molar-refractivity contribution in [2.24, 2.45) is 0 Å². The topological polar surface area (TPSA) is 87.7 Å². The van der Waals surface area contributed by atoms with Gasteiger partial charge in [-0.1, -0.05) is 12.1 Å². The zero-order valence-electron chi connectivity index (χ0n) is 12.6. The standard InChI is InChI=1S/C15H22N2O4/c1-10(2)17-14(18)11(3)16-8-9-21-13-7-5-4-6-12(13)15(19)20/h4-7,10-11,16H,8-9H2,1-3H3,(H,17,18)(H,19,20). The third kappa shape index (κ3) is 5.83. The van der Waals surface area contributed by atoms with E-state index in [4.69, 9.17) is 9.84 Å². The number of carbonyl (C=O) groups is 2. The lowest BCUT2D eigenvalue weighted by atomic mass is 10.2. The third-order valence-electron chi connectivity index (χ3n) is 2.75. The minimum Gasteiger partial charge on any atom is -0.491 e. The highest BCUT2D eigenvalue weighted by atomic mass is 16.5. The lowest BCUT2D eigenvalue weighted by Crippen LogP contribution is -2.45. The van der Waals surface area contributed by atoms with E-state index in [1.54, 1.807) is 25.1 Å². The number of benzene rings is 1. The van der Waals surface area contributed by atoms with Crippen LogP contribution in [-0.4, -0.2) is 42.2 Å². The fourth-order valence-electron chi connectivity index (χ4n) is 1.71. The number of hydrogen-bond donors (Lipinski definition) is 3. The van der Waals surface area contributed by atoms with Gasteiger partial charge in [-0.2, -0.15) is 0 Å². The number of aromatic carboxylic acids is 1. The van der Waals surface area contributed by atoms with Gasteiger partial charge in [-0.15, -0.1) is 0 Å². The number of ether oxygens (including phenoxy) is 1. The maximum absolute atomic E-state index is 11.7. The summed E-state index contributed by atoms with van der Waals surface area (Å²) in [5, 5.41) is 14.8. The van der Waals surface area contributed by atoms with E-state index in [2.05, 4.69) is 10.6 Å². The fraction of sp³-hybridized carbons (Fsp3) is 0.467. The predicted octanol–water partition coefficient (Wildman–Crippen LogP) is 1.27. The van der Waals surface area contributed by atoms with Crippen LogP contribution in [0.4, 0.5) is 0 Å². The number of amides is 1. The molecule has 1 aromatic carbocycles. The van der Waals surface area contributed by atoms with Crippen molar-refractivity contribution in [3.8, 4) is 5.75 Å². The third-order valence-corrected chi connectivity index (χ3v) is 2.75. The number of rotatable bonds is 8. The van der Waals surface area contributed by atoms with Crippen molar-refractivity contribution in [1.82, 2.24) is 10.6 Å².